The molecule has 0 saturated heterocycles. The molecule has 0 spiro atoms. The second-order valence-electron chi connectivity index (χ2n) is 4.83. The van der Waals surface area contributed by atoms with Gasteiger partial charge in [-0.15, -0.1) is 0 Å². The lowest BCUT2D eigenvalue weighted by Gasteiger charge is -2.02. The lowest BCUT2D eigenvalue weighted by atomic mass is 10.2. The molecule has 0 amide bonds. The number of halogens is 2. The minimum absolute atomic E-state index is 0.154. The van der Waals surface area contributed by atoms with Crippen LogP contribution in [-0.2, 0) is 4.74 Å². The van der Waals surface area contributed by atoms with Crippen LogP contribution < -0.4 is 0 Å². The van der Waals surface area contributed by atoms with Crippen LogP contribution in [0.15, 0.2) is 53.5 Å². The second-order valence-corrected chi connectivity index (χ2v) is 6.16. The molecule has 1 heterocycles. The maximum absolute atomic E-state index is 11.9. The summed E-state index contributed by atoms with van der Waals surface area (Å²) >= 11 is 9.65. The van der Waals surface area contributed by atoms with E-state index in [1.807, 2.05) is 24.3 Å². The monoisotopic (exact) mass is 390 g/mol. The fourth-order valence-corrected chi connectivity index (χ4v) is 2.68. The topological polar surface area (TPSA) is 55.0 Å². The van der Waals surface area contributed by atoms with Crippen molar-refractivity contribution in [3.05, 3.63) is 64.1 Å². The lowest BCUT2D eigenvalue weighted by Crippen LogP contribution is -2.04. The minimum atomic E-state index is -0.450. The molecule has 0 aliphatic heterocycles. The van der Waals surface area contributed by atoms with E-state index < -0.39 is 5.97 Å². The smallest absolute Gasteiger partial charge is 0.338 e. The van der Waals surface area contributed by atoms with Gasteiger partial charge in [-0.05, 0) is 24.3 Å². The number of hydrogen-bond donors (Lipinski definition) is 1. The van der Waals surface area contributed by atoms with Crippen LogP contribution in [-0.4, -0.2) is 22.5 Å². The first kappa shape index (κ1) is 15.8. The first-order valence-electron chi connectivity index (χ1n) is 6.81. The van der Waals surface area contributed by atoms with E-state index in [0.717, 1.165) is 10.0 Å². The van der Waals surface area contributed by atoms with Crippen molar-refractivity contribution in [2.75, 3.05) is 6.61 Å². The molecule has 0 fully saturated rings. The fourth-order valence-electron chi connectivity index (χ4n) is 2.16. The molecule has 0 atom stereocenters. The number of nitrogens with zero attached hydrogens (tertiary/aromatic N) is 1. The molecule has 0 bridgehead atoms. The Kier molecular flexibility index (Phi) is 4.50. The number of hydrogen-bond acceptors (Lipinski definition) is 3. The molecule has 3 aromatic rings. The first-order chi connectivity index (χ1) is 11.1. The van der Waals surface area contributed by atoms with Crippen molar-refractivity contribution >= 4 is 44.5 Å². The van der Waals surface area contributed by atoms with Crippen molar-refractivity contribution in [2.24, 2.45) is 0 Å². The highest BCUT2D eigenvalue weighted by atomic mass is 79.9. The van der Waals surface area contributed by atoms with E-state index in [2.05, 4.69) is 32.5 Å². The van der Waals surface area contributed by atoms with Crippen molar-refractivity contribution in [3.8, 4) is 11.4 Å². The predicted molar refractivity (Wildman–Crippen MR) is 94.7 cm³/mol. The van der Waals surface area contributed by atoms with Crippen LogP contribution in [0.25, 0.3) is 22.4 Å². The molecular weight excluding hydrogens is 380 g/mol. The zero-order chi connectivity index (χ0) is 16.4. The zero-order valence-corrected chi connectivity index (χ0v) is 14.3. The molecule has 0 aliphatic rings. The SMILES string of the molecule is C=CCOC(=O)c1cc(Cl)c2nc(-c3ccc(Br)cc3)[nH]c2c1. The van der Waals surface area contributed by atoms with Crippen LogP contribution in [0, 0.1) is 0 Å². The largest absolute Gasteiger partial charge is 0.458 e. The van der Waals surface area contributed by atoms with Crippen molar-refractivity contribution in [1.82, 2.24) is 9.97 Å². The van der Waals surface area contributed by atoms with Gasteiger partial charge in [-0.25, -0.2) is 9.78 Å². The normalized spacial score (nSPS) is 10.7. The van der Waals surface area contributed by atoms with Crippen molar-refractivity contribution < 1.29 is 9.53 Å². The molecule has 6 heteroatoms. The molecule has 3 rings (SSSR count). The number of rotatable bonds is 4. The van der Waals surface area contributed by atoms with Crippen molar-refractivity contribution in [1.29, 1.82) is 0 Å². The summed E-state index contributed by atoms with van der Waals surface area (Å²) in [4.78, 5) is 19.6. The van der Waals surface area contributed by atoms with Gasteiger partial charge in [0, 0.05) is 10.0 Å². The summed E-state index contributed by atoms with van der Waals surface area (Å²) in [6.07, 6.45) is 1.51. The van der Waals surface area contributed by atoms with E-state index in [0.29, 0.717) is 27.4 Å². The van der Waals surface area contributed by atoms with Crippen LogP contribution in [0.3, 0.4) is 0 Å². The Bertz CT molecular complexity index is 887. The van der Waals surface area contributed by atoms with Gasteiger partial charge in [0.15, 0.2) is 0 Å². The van der Waals surface area contributed by atoms with E-state index in [1.165, 1.54) is 6.08 Å². The summed E-state index contributed by atoms with van der Waals surface area (Å²) in [5.74, 6) is 0.236. The number of esters is 1. The quantitative estimate of drug-likeness (QED) is 0.503. The molecular formula is C17H12BrClN2O2. The van der Waals surface area contributed by atoms with Gasteiger partial charge in [-0.2, -0.15) is 0 Å². The van der Waals surface area contributed by atoms with Crippen LogP contribution >= 0.6 is 27.5 Å². The van der Waals surface area contributed by atoms with Crippen LogP contribution in [0.5, 0.6) is 0 Å². The van der Waals surface area contributed by atoms with E-state index in [9.17, 15) is 4.79 Å². The summed E-state index contributed by atoms with van der Waals surface area (Å²) in [5, 5.41) is 0.396. The number of imidazole rings is 1. The van der Waals surface area contributed by atoms with E-state index >= 15 is 0 Å². The summed E-state index contributed by atoms with van der Waals surface area (Å²) in [6, 6.07) is 11.0. The molecule has 2 aromatic carbocycles. The average molecular weight is 392 g/mol. The Morgan fingerprint density at radius 3 is 2.78 bits per heavy atom. The lowest BCUT2D eigenvalue weighted by molar-refractivity contribution is 0.0550. The highest BCUT2D eigenvalue weighted by molar-refractivity contribution is 9.10. The van der Waals surface area contributed by atoms with Gasteiger partial charge >= 0.3 is 5.97 Å². The summed E-state index contributed by atoms with van der Waals surface area (Å²) in [6.45, 7) is 3.67. The highest BCUT2D eigenvalue weighted by Gasteiger charge is 2.14. The molecule has 1 aromatic heterocycles. The van der Waals surface area contributed by atoms with E-state index in [1.54, 1.807) is 12.1 Å². The third-order valence-corrected chi connectivity index (χ3v) is 4.04. The maximum Gasteiger partial charge on any atom is 0.338 e. The van der Waals surface area contributed by atoms with Crippen LogP contribution in [0.4, 0.5) is 0 Å². The molecule has 0 aliphatic carbocycles. The Labute approximate surface area is 146 Å². The molecule has 0 radical (unpaired) electrons. The number of H-pyrrole nitrogens is 1. The molecule has 116 valence electrons. The van der Waals surface area contributed by atoms with Crippen LogP contribution in [0.2, 0.25) is 5.02 Å². The number of aromatic nitrogens is 2. The summed E-state index contributed by atoms with van der Waals surface area (Å²) < 4.78 is 6.02. The van der Waals surface area contributed by atoms with E-state index in [4.69, 9.17) is 16.3 Å². The average Bonchev–Trinajstić information content (AvgIpc) is 2.98. The van der Waals surface area contributed by atoms with Gasteiger partial charge in [0.25, 0.3) is 0 Å². The number of ether oxygens (including phenoxy) is 1. The Balaban J connectivity index is 2.02. The predicted octanol–water partition coefficient (Wildman–Crippen LogP) is 4.99. The van der Waals surface area contributed by atoms with Gasteiger partial charge in [0.1, 0.15) is 17.9 Å². The minimum Gasteiger partial charge on any atom is -0.458 e. The van der Waals surface area contributed by atoms with Crippen LogP contribution in [0.1, 0.15) is 10.4 Å². The standard InChI is InChI=1S/C17H12BrClN2O2/c1-2-7-23-17(22)11-8-13(19)15-14(9-11)20-16(21-15)10-3-5-12(18)6-4-10/h2-6,8-9H,1,7H2,(H,20,21). The molecule has 0 unspecified atom stereocenters. The summed E-state index contributed by atoms with van der Waals surface area (Å²) in [7, 11) is 0. The third kappa shape index (κ3) is 3.30. The maximum atomic E-state index is 11.9. The molecule has 23 heavy (non-hydrogen) atoms. The Hall–Kier alpha value is -2.11. The van der Waals surface area contributed by atoms with Gasteiger partial charge in [-0.1, -0.05) is 52.3 Å². The van der Waals surface area contributed by atoms with Gasteiger partial charge < -0.3 is 9.72 Å². The number of aromatic amines is 1. The Morgan fingerprint density at radius 2 is 2.09 bits per heavy atom. The number of fused-ring (bicyclic) bond motifs is 1. The molecule has 1 N–H and O–H groups in total. The van der Waals surface area contributed by atoms with Crippen molar-refractivity contribution in [3.63, 3.8) is 0 Å². The third-order valence-electron chi connectivity index (χ3n) is 3.23. The highest BCUT2D eigenvalue weighted by Crippen LogP contribution is 2.28. The number of benzene rings is 2. The van der Waals surface area contributed by atoms with Gasteiger partial charge in [0.2, 0.25) is 0 Å². The van der Waals surface area contributed by atoms with Crippen molar-refractivity contribution in [2.45, 2.75) is 0 Å². The van der Waals surface area contributed by atoms with E-state index in [-0.39, 0.29) is 6.61 Å². The summed E-state index contributed by atoms with van der Waals surface area (Å²) in [5.41, 5.74) is 2.59. The second kappa shape index (κ2) is 6.56. The molecule has 4 nitrogen and oxygen atoms in total. The Morgan fingerprint density at radius 1 is 1.35 bits per heavy atom. The zero-order valence-electron chi connectivity index (χ0n) is 12.0. The number of carbonyl (C=O) groups is 1. The molecule has 0 saturated carbocycles. The first-order valence-corrected chi connectivity index (χ1v) is 7.99. The fraction of sp³-hybridized carbons (Fsp3) is 0.0588. The number of nitrogens with one attached hydrogen (secondary N) is 1. The van der Waals surface area contributed by atoms with Gasteiger partial charge in [-0.3, -0.25) is 0 Å². The number of carbonyl (C=O) groups excluding carboxylic acids is 1. The van der Waals surface area contributed by atoms with Gasteiger partial charge in [0.05, 0.1) is 16.1 Å².